The smallest absolute Gasteiger partial charge is 0.270 e. The minimum absolute atomic E-state index is 0.0397. The maximum atomic E-state index is 13.2. The summed E-state index contributed by atoms with van der Waals surface area (Å²) in [4.78, 5) is 17.0. The minimum atomic E-state index is -0.0397. The molecule has 0 saturated carbocycles. The fraction of sp³-hybridized carbons (Fsp3) is 0.417. The van der Waals surface area contributed by atoms with E-state index in [-0.39, 0.29) is 5.91 Å². The number of fused-ring (bicyclic) bond motifs is 1. The van der Waals surface area contributed by atoms with Crippen LogP contribution in [0.1, 0.15) is 42.6 Å². The zero-order chi connectivity index (χ0) is 20.3. The van der Waals surface area contributed by atoms with Gasteiger partial charge in [0.05, 0.1) is 10.6 Å². The predicted molar refractivity (Wildman–Crippen MR) is 121 cm³/mol. The van der Waals surface area contributed by atoms with Crippen molar-refractivity contribution in [3.05, 3.63) is 59.6 Å². The van der Waals surface area contributed by atoms with Gasteiger partial charge in [0.25, 0.3) is 5.91 Å². The van der Waals surface area contributed by atoms with E-state index in [9.17, 15) is 4.79 Å². The molecule has 30 heavy (non-hydrogen) atoms. The van der Waals surface area contributed by atoms with Crippen LogP contribution >= 0.6 is 11.3 Å². The van der Waals surface area contributed by atoms with Crippen LogP contribution in [0.3, 0.4) is 0 Å². The van der Waals surface area contributed by atoms with E-state index in [2.05, 4.69) is 10.2 Å². The average molecular weight is 421 g/mol. The molecule has 4 heterocycles. The molecule has 1 amide bonds. The predicted octanol–water partition coefficient (Wildman–Crippen LogP) is 4.60. The lowest BCUT2D eigenvalue weighted by Gasteiger charge is -2.44. The number of hydrogen-bond acceptors (Lipinski definition) is 4. The van der Waals surface area contributed by atoms with Gasteiger partial charge in [-0.15, -0.1) is 11.3 Å². The molecule has 5 nitrogen and oxygen atoms in total. The van der Waals surface area contributed by atoms with Crippen molar-refractivity contribution >= 4 is 17.2 Å². The number of carbonyl (C=O) groups is 1. The van der Waals surface area contributed by atoms with Gasteiger partial charge in [-0.25, -0.2) is 4.68 Å². The first kappa shape index (κ1) is 19.5. The number of para-hydroxylation sites is 1. The second-order valence-electron chi connectivity index (χ2n) is 8.35. The molecule has 1 N–H and O–H groups in total. The van der Waals surface area contributed by atoms with Crippen LogP contribution < -0.4 is 5.32 Å². The highest BCUT2D eigenvalue weighted by Crippen LogP contribution is 2.31. The van der Waals surface area contributed by atoms with Gasteiger partial charge in [-0.2, -0.15) is 5.10 Å². The van der Waals surface area contributed by atoms with Gasteiger partial charge in [0.1, 0.15) is 11.4 Å². The molecule has 2 saturated heterocycles. The van der Waals surface area contributed by atoms with E-state index < -0.39 is 0 Å². The Bertz CT molecular complexity index is 980. The fourth-order valence-corrected chi connectivity index (χ4v) is 5.66. The van der Waals surface area contributed by atoms with Crippen LogP contribution in [0.5, 0.6) is 0 Å². The molecule has 2 fully saturated rings. The van der Waals surface area contributed by atoms with E-state index in [4.69, 9.17) is 5.10 Å². The third-order valence-corrected chi connectivity index (χ3v) is 7.36. The van der Waals surface area contributed by atoms with E-state index in [0.717, 1.165) is 22.8 Å². The Morgan fingerprint density at radius 1 is 1.07 bits per heavy atom. The normalized spacial score (nSPS) is 21.9. The number of carbonyl (C=O) groups excluding carboxylic acids is 1. The molecule has 0 bridgehead atoms. The Hall–Kier alpha value is -2.44. The van der Waals surface area contributed by atoms with Crippen molar-refractivity contribution in [2.24, 2.45) is 5.92 Å². The summed E-state index contributed by atoms with van der Waals surface area (Å²) in [5.41, 5.74) is 2.35. The molecule has 1 unspecified atom stereocenters. The van der Waals surface area contributed by atoms with Crippen molar-refractivity contribution < 1.29 is 4.79 Å². The zero-order valence-corrected chi connectivity index (χ0v) is 18.0. The molecule has 2 atom stereocenters. The Labute approximate surface area is 181 Å². The molecule has 156 valence electrons. The summed E-state index contributed by atoms with van der Waals surface area (Å²) < 4.78 is 1.78. The van der Waals surface area contributed by atoms with Crippen LogP contribution in [0.15, 0.2) is 53.9 Å². The Morgan fingerprint density at radius 3 is 2.77 bits per heavy atom. The fourth-order valence-electron chi connectivity index (χ4n) is 4.98. The van der Waals surface area contributed by atoms with Crippen molar-refractivity contribution in [1.82, 2.24) is 20.0 Å². The maximum Gasteiger partial charge on any atom is 0.270 e. The van der Waals surface area contributed by atoms with Gasteiger partial charge in [0.15, 0.2) is 0 Å². The van der Waals surface area contributed by atoms with Gasteiger partial charge in [-0.3, -0.25) is 4.79 Å². The Balaban J connectivity index is 1.37. The van der Waals surface area contributed by atoms with E-state index in [1.165, 1.54) is 45.2 Å². The van der Waals surface area contributed by atoms with E-state index in [0.29, 0.717) is 17.7 Å². The number of aromatic nitrogens is 2. The molecular weight excluding hydrogens is 392 g/mol. The van der Waals surface area contributed by atoms with Crippen LogP contribution in [0.4, 0.5) is 0 Å². The van der Waals surface area contributed by atoms with Crippen molar-refractivity contribution in [2.75, 3.05) is 19.6 Å². The average Bonchev–Trinajstić information content (AvgIpc) is 3.48. The van der Waals surface area contributed by atoms with Gasteiger partial charge in [-0.05, 0) is 74.3 Å². The lowest BCUT2D eigenvalue weighted by molar-refractivity contribution is 0.0574. The molecule has 0 spiro atoms. The molecule has 2 aliphatic rings. The SMILES string of the molecule is O=C(NCC1CCCN2CCCC[C@@H]12)c1cc(-c2cccs2)nn1-c1ccccc1. The van der Waals surface area contributed by atoms with Crippen LogP contribution in [0, 0.1) is 5.92 Å². The number of nitrogens with zero attached hydrogens (tertiary/aromatic N) is 3. The second-order valence-corrected chi connectivity index (χ2v) is 9.30. The largest absolute Gasteiger partial charge is 0.350 e. The molecule has 3 aromatic rings. The molecule has 2 aromatic heterocycles. The number of rotatable bonds is 5. The number of thiophene rings is 1. The van der Waals surface area contributed by atoms with Gasteiger partial charge in [-0.1, -0.05) is 30.7 Å². The van der Waals surface area contributed by atoms with Crippen LogP contribution in [0.25, 0.3) is 16.3 Å². The highest BCUT2D eigenvalue weighted by molar-refractivity contribution is 7.13. The van der Waals surface area contributed by atoms with Gasteiger partial charge in [0, 0.05) is 12.6 Å². The van der Waals surface area contributed by atoms with Crippen molar-refractivity contribution in [2.45, 2.75) is 38.1 Å². The summed E-state index contributed by atoms with van der Waals surface area (Å²) in [7, 11) is 0. The third kappa shape index (κ3) is 3.94. The summed E-state index contributed by atoms with van der Waals surface area (Å²) in [6, 6.07) is 16.5. The van der Waals surface area contributed by atoms with Crippen molar-refractivity contribution in [1.29, 1.82) is 0 Å². The summed E-state index contributed by atoms with van der Waals surface area (Å²) in [6.07, 6.45) is 6.35. The lowest BCUT2D eigenvalue weighted by Crippen LogP contribution is -2.51. The lowest BCUT2D eigenvalue weighted by atomic mass is 9.83. The van der Waals surface area contributed by atoms with Gasteiger partial charge < -0.3 is 10.2 Å². The molecular formula is C24H28N4OS. The topological polar surface area (TPSA) is 50.2 Å². The van der Waals surface area contributed by atoms with Crippen LogP contribution in [-0.2, 0) is 0 Å². The number of benzene rings is 1. The number of piperidine rings is 2. The molecule has 0 radical (unpaired) electrons. The van der Waals surface area contributed by atoms with Crippen molar-refractivity contribution in [3.63, 3.8) is 0 Å². The van der Waals surface area contributed by atoms with E-state index in [1.807, 2.05) is 53.9 Å². The maximum absolute atomic E-state index is 13.2. The monoisotopic (exact) mass is 420 g/mol. The molecule has 0 aliphatic carbocycles. The number of amides is 1. The van der Waals surface area contributed by atoms with Crippen LogP contribution in [0.2, 0.25) is 0 Å². The quantitative estimate of drug-likeness (QED) is 0.657. The summed E-state index contributed by atoms with van der Waals surface area (Å²) in [5.74, 6) is 0.509. The summed E-state index contributed by atoms with van der Waals surface area (Å²) in [5, 5.41) is 10.0. The molecule has 5 rings (SSSR count). The minimum Gasteiger partial charge on any atom is -0.350 e. The van der Waals surface area contributed by atoms with E-state index in [1.54, 1.807) is 16.0 Å². The Kier molecular flexibility index (Phi) is 5.69. The molecule has 2 aliphatic heterocycles. The Morgan fingerprint density at radius 2 is 1.93 bits per heavy atom. The third-order valence-electron chi connectivity index (χ3n) is 6.47. The second kappa shape index (κ2) is 8.74. The summed E-state index contributed by atoms with van der Waals surface area (Å²) >= 11 is 1.64. The van der Waals surface area contributed by atoms with Crippen molar-refractivity contribution in [3.8, 4) is 16.3 Å². The standard InChI is InChI=1S/C24H28N4OS/c29-24(25-17-18-8-6-14-27-13-5-4-11-21(18)27)22-16-20(23-12-7-15-30-23)26-28(22)19-9-2-1-3-10-19/h1-3,7,9-10,12,15-16,18,21H,4-6,8,11,13-14,17H2,(H,25,29)/t18?,21-/m0/s1. The zero-order valence-electron chi connectivity index (χ0n) is 17.2. The first-order valence-electron chi connectivity index (χ1n) is 11.0. The van der Waals surface area contributed by atoms with Crippen LogP contribution in [-0.4, -0.2) is 46.3 Å². The summed E-state index contributed by atoms with van der Waals surface area (Å²) in [6.45, 7) is 3.19. The number of nitrogens with one attached hydrogen (secondary N) is 1. The molecule has 6 heteroatoms. The first-order valence-corrected chi connectivity index (χ1v) is 11.9. The molecule has 1 aromatic carbocycles. The number of hydrogen-bond donors (Lipinski definition) is 1. The first-order chi connectivity index (χ1) is 14.8. The van der Waals surface area contributed by atoms with Gasteiger partial charge in [0.2, 0.25) is 0 Å². The highest BCUT2D eigenvalue weighted by Gasteiger charge is 2.33. The van der Waals surface area contributed by atoms with E-state index >= 15 is 0 Å². The van der Waals surface area contributed by atoms with Gasteiger partial charge >= 0.3 is 0 Å². The highest BCUT2D eigenvalue weighted by atomic mass is 32.1.